The van der Waals surface area contributed by atoms with Crippen molar-refractivity contribution in [3.63, 3.8) is 0 Å². The summed E-state index contributed by atoms with van der Waals surface area (Å²) in [6, 6.07) is -0.0371. The van der Waals surface area contributed by atoms with E-state index in [1.165, 1.54) is 0 Å². The van der Waals surface area contributed by atoms with Gasteiger partial charge >= 0.3 is 0 Å². The molecule has 2 heterocycles. The SMILES string of the molecule is CC[C@H](O)CN1CCN(C(=O)CN(C)[C@@H]2CCS(=O)(=O)C2)CC1. The first-order valence-corrected chi connectivity index (χ1v) is 10.2. The number of nitrogens with zero attached hydrogens (tertiary/aromatic N) is 3. The Labute approximate surface area is 139 Å². The van der Waals surface area contributed by atoms with Crippen molar-refractivity contribution in [1.29, 1.82) is 0 Å². The molecule has 0 spiro atoms. The number of β-amino-alcohol motifs (C(OH)–C–C–N with tert-alkyl or cyclic N) is 1. The first-order valence-electron chi connectivity index (χ1n) is 8.39. The maximum Gasteiger partial charge on any atom is 0.236 e. The molecule has 2 fully saturated rings. The van der Waals surface area contributed by atoms with Gasteiger partial charge < -0.3 is 10.0 Å². The van der Waals surface area contributed by atoms with Gasteiger partial charge in [0.25, 0.3) is 0 Å². The molecule has 8 heteroatoms. The molecule has 1 amide bonds. The Morgan fingerprint density at radius 2 is 1.96 bits per heavy atom. The maximum absolute atomic E-state index is 12.4. The minimum atomic E-state index is -2.92. The quantitative estimate of drug-likeness (QED) is 0.665. The van der Waals surface area contributed by atoms with Crippen molar-refractivity contribution in [2.75, 3.05) is 57.8 Å². The van der Waals surface area contributed by atoms with Crippen LogP contribution >= 0.6 is 0 Å². The van der Waals surface area contributed by atoms with Gasteiger partial charge in [-0.05, 0) is 19.9 Å². The Balaban J connectivity index is 1.75. The van der Waals surface area contributed by atoms with Gasteiger partial charge in [-0.15, -0.1) is 0 Å². The van der Waals surface area contributed by atoms with Crippen LogP contribution in [0, 0.1) is 0 Å². The summed E-state index contributed by atoms with van der Waals surface area (Å²) >= 11 is 0. The molecule has 0 saturated carbocycles. The lowest BCUT2D eigenvalue weighted by Gasteiger charge is -2.36. The number of rotatable bonds is 6. The van der Waals surface area contributed by atoms with E-state index in [0.29, 0.717) is 26.1 Å². The summed E-state index contributed by atoms with van der Waals surface area (Å²) in [5.74, 6) is 0.459. The van der Waals surface area contributed by atoms with E-state index in [1.807, 2.05) is 23.8 Å². The number of carbonyl (C=O) groups is 1. The number of hydrogen-bond acceptors (Lipinski definition) is 6. The molecule has 2 aliphatic rings. The van der Waals surface area contributed by atoms with Crippen molar-refractivity contribution >= 4 is 15.7 Å². The van der Waals surface area contributed by atoms with Crippen LogP contribution in [0.1, 0.15) is 19.8 Å². The molecular weight excluding hydrogens is 318 g/mol. The van der Waals surface area contributed by atoms with Gasteiger partial charge in [-0.25, -0.2) is 8.42 Å². The van der Waals surface area contributed by atoms with Gasteiger partial charge in [0.15, 0.2) is 9.84 Å². The van der Waals surface area contributed by atoms with Crippen LogP contribution in [0.15, 0.2) is 0 Å². The number of carbonyl (C=O) groups excluding carboxylic acids is 1. The average Bonchev–Trinajstić information content (AvgIpc) is 2.88. The second kappa shape index (κ2) is 7.92. The highest BCUT2D eigenvalue weighted by Gasteiger charge is 2.32. The van der Waals surface area contributed by atoms with Crippen molar-refractivity contribution in [3.05, 3.63) is 0 Å². The molecule has 0 aromatic heterocycles. The van der Waals surface area contributed by atoms with Crippen molar-refractivity contribution in [2.45, 2.75) is 31.9 Å². The molecule has 134 valence electrons. The number of piperazine rings is 1. The summed E-state index contributed by atoms with van der Waals surface area (Å²) in [6.45, 7) is 5.81. The number of aliphatic hydroxyl groups is 1. The van der Waals surface area contributed by atoms with Crippen LogP contribution in [0.25, 0.3) is 0 Å². The Bertz CT molecular complexity index is 503. The zero-order valence-corrected chi connectivity index (χ0v) is 15.0. The lowest BCUT2D eigenvalue weighted by Crippen LogP contribution is -2.52. The Kier molecular flexibility index (Phi) is 6.41. The normalized spacial score (nSPS) is 26.6. The highest BCUT2D eigenvalue weighted by molar-refractivity contribution is 7.91. The lowest BCUT2D eigenvalue weighted by molar-refractivity contribution is -0.134. The molecule has 2 rings (SSSR count). The van der Waals surface area contributed by atoms with Crippen LogP contribution in [0.4, 0.5) is 0 Å². The van der Waals surface area contributed by atoms with Gasteiger partial charge in [-0.3, -0.25) is 14.6 Å². The molecule has 23 heavy (non-hydrogen) atoms. The Morgan fingerprint density at radius 1 is 1.30 bits per heavy atom. The minimum absolute atomic E-state index is 0.0371. The lowest BCUT2D eigenvalue weighted by atomic mass is 10.2. The van der Waals surface area contributed by atoms with Crippen LogP contribution in [-0.2, 0) is 14.6 Å². The van der Waals surface area contributed by atoms with Gasteiger partial charge in [0, 0.05) is 38.8 Å². The summed E-state index contributed by atoms with van der Waals surface area (Å²) in [7, 11) is -1.09. The fraction of sp³-hybridized carbons (Fsp3) is 0.933. The summed E-state index contributed by atoms with van der Waals surface area (Å²) in [4.78, 5) is 18.3. The van der Waals surface area contributed by atoms with E-state index in [9.17, 15) is 18.3 Å². The molecular formula is C15H29N3O4S. The molecule has 0 unspecified atom stereocenters. The first-order chi connectivity index (χ1) is 10.8. The van der Waals surface area contributed by atoms with Gasteiger partial charge in [-0.2, -0.15) is 0 Å². The maximum atomic E-state index is 12.4. The molecule has 1 N–H and O–H groups in total. The fourth-order valence-electron chi connectivity index (χ4n) is 3.17. The molecule has 0 aromatic carbocycles. The van der Waals surface area contributed by atoms with Crippen molar-refractivity contribution in [2.24, 2.45) is 0 Å². The van der Waals surface area contributed by atoms with Crippen LogP contribution in [-0.4, -0.2) is 104 Å². The van der Waals surface area contributed by atoms with Gasteiger partial charge in [0.2, 0.25) is 5.91 Å². The zero-order valence-electron chi connectivity index (χ0n) is 14.1. The van der Waals surface area contributed by atoms with Crippen molar-refractivity contribution < 1.29 is 18.3 Å². The number of amides is 1. The van der Waals surface area contributed by atoms with E-state index in [-0.39, 0.29) is 36.1 Å². The van der Waals surface area contributed by atoms with Crippen LogP contribution < -0.4 is 0 Å². The number of likely N-dealkylation sites (N-methyl/N-ethyl adjacent to an activating group) is 1. The molecule has 7 nitrogen and oxygen atoms in total. The predicted octanol–water partition coefficient (Wildman–Crippen LogP) is -0.980. The highest BCUT2D eigenvalue weighted by atomic mass is 32.2. The second-order valence-electron chi connectivity index (χ2n) is 6.72. The van der Waals surface area contributed by atoms with Gasteiger partial charge in [0.05, 0.1) is 24.2 Å². The second-order valence-corrected chi connectivity index (χ2v) is 8.94. The number of aliphatic hydroxyl groups excluding tert-OH is 1. The van der Waals surface area contributed by atoms with E-state index < -0.39 is 9.84 Å². The van der Waals surface area contributed by atoms with E-state index >= 15 is 0 Å². The van der Waals surface area contributed by atoms with E-state index in [1.54, 1.807) is 0 Å². The largest absolute Gasteiger partial charge is 0.392 e. The molecule has 2 aliphatic heterocycles. The molecule has 0 bridgehead atoms. The highest BCUT2D eigenvalue weighted by Crippen LogP contribution is 2.16. The summed E-state index contributed by atoms with van der Waals surface area (Å²) in [5, 5.41) is 9.69. The topological polar surface area (TPSA) is 81.2 Å². The van der Waals surface area contributed by atoms with Crippen molar-refractivity contribution in [1.82, 2.24) is 14.7 Å². The zero-order chi connectivity index (χ0) is 17.0. The predicted molar refractivity (Wildman–Crippen MR) is 89.0 cm³/mol. The van der Waals surface area contributed by atoms with Gasteiger partial charge in [-0.1, -0.05) is 6.92 Å². The van der Waals surface area contributed by atoms with Crippen LogP contribution in [0.3, 0.4) is 0 Å². The Morgan fingerprint density at radius 3 is 2.48 bits per heavy atom. The van der Waals surface area contributed by atoms with E-state index in [4.69, 9.17) is 0 Å². The third kappa shape index (κ3) is 5.41. The summed E-state index contributed by atoms with van der Waals surface area (Å²) in [5.41, 5.74) is 0. The third-order valence-corrected chi connectivity index (χ3v) is 6.63. The van der Waals surface area contributed by atoms with E-state index in [0.717, 1.165) is 19.5 Å². The summed E-state index contributed by atoms with van der Waals surface area (Å²) in [6.07, 6.45) is 1.07. The number of hydrogen-bond donors (Lipinski definition) is 1. The molecule has 0 radical (unpaired) electrons. The first kappa shape index (κ1) is 18.6. The molecule has 2 atom stereocenters. The molecule has 0 aliphatic carbocycles. The van der Waals surface area contributed by atoms with Gasteiger partial charge in [0.1, 0.15) is 0 Å². The standard InChI is InChI=1S/C15H29N3O4S/c1-3-14(19)10-17-5-7-18(8-6-17)15(20)11-16(2)13-4-9-23(21,22)12-13/h13-14,19H,3-12H2,1-2H3/t13-,14+/m1/s1. The third-order valence-electron chi connectivity index (χ3n) is 4.88. The van der Waals surface area contributed by atoms with Crippen LogP contribution in [0.2, 0.25) is 0 Å². The fourth-order valence-corrected chi connectivity index (χ4v) is 4.98. The average molecular weight is 347 g/mol. The van der Waals surface area contributed by atoms with Crippen molar-refractivity contribution in [3.8, 4) is 0 Å². The number of sulfone groups is 1. The molecule has 2 saturated heterocycles. The van der Waals surface area contributed by atoms with E-state index in [2.05, 4.69) is 4.90 Å². The minimum Gasteiger partial charge on any atom is -0.392 e. The smallest absolute Gasteiger partial charge is 0.236 e. The Hall–Kier alpha value is -0.700. The molecule has 0 aromatic rings. The monoisotopic (exact) mass is 347 g/mol. The summed E-state index contributed by atoms with van der Waals surface area (Å²) < 4.78 is 23.1. The van der Waals surface area contributed by atoms with Crippen LogP contribution in [0.5, 0.6) is 0 Å².